The fourth-order valence-corrected chi connectivity index (χ4v) is 7.44. The van der Waals surface area contributed by atoms with Crippen LogP contribution in [0.25, 0.3) is 0 Å². The fraction of sp³-hybridized carbons (Fsp3) is 0.647. The maximum absolute atomic E-state index is 11.4. The molecule has 0 radical (unpaired) electrons. The van der Waals surface area contributed by atoms with Gasteiger partial charge in [0.15, 0.2) is 0 Å². The summed E-state index contributed by atoms with van der Waals surface area (Å²) in [5.74, 6) is 6.91. The number of aryl methyl sites for hydroxylation is 1. The van der Waals surface area contributed by atoms with Gasteiger partial charge in [0, 0.05) is 0 Å². The normalized spacial score (nSPS) is 64.1. The van der Waals surface area contributed by atoms with Gasteiger partial charge >= 0.3 is 0 Å². The molecule has 18 heavy (non-hydrogen) atoms. The molecule has 4 bridgehead atoms. The molecule has 7 rings (SSSR count). The van der Waals surface area contributed by atoms with E-state index in [0.29, 0.717) is 11.8 Å². The quantitative estimate of drug-likeness (QED) is 0.797. The summed E-state index contributed by atoms with van der Waals surface area (Å²) in [4.78, 5) is 0. The van der Waals surface area contributed by atoms with E-state index in [4.69, 9.17) is 0 Å². The van der Waals surface area contributed by atoms with E-state index in [0.717, 1.165) is 35.5 Å². The zero-order chi connectivity index (χ0) is 11.8. The van der Waals surface area contributed by atoms with Crippen molar-refractivity contribution in [2.75, 3.05) is 0 Å². The molecule has 6 aliphatic carbocycles. The first-order chi connectivity index (χ1) is 8.73. The SMILES string of the molecule is Cc1ccc(C2(O)C3[C@H]4C5CC6[C@H]4C2[C@H]6[C@@H]53)cc1. The molecule has 0 spiro atoms. The Morgan fingerprint density at radius 3 is 1.94 bits per heavy atom. The van der Waals surface area contributed by atoms with Crippen molar-refractivity contribution in [3.63, 3.8) is 0 Å². The second-order valence-electron chi connectivity index (χ2n) is 7.62. The van der Waals surface area contributed by atoms with E-state index in [1.807, 2.05) is 0 Å². The van der Waals surface area contributed by atoms with E-state index < -0.39 is 5.60 Å². The fourth-order valence-electron chi connectivity index (χ4n) is 7.44. The second kappa shape index (κ2) is 2.31. The van der Waals surface area contributed by atoms with E-state index in [1.165, 1.54) is 17.5 Å². The highest BCUT2D eigenvalue weighted by molar-refractivity contribution is 5.43. The molecule has 0 amide bonds. The van der Waals surface area contributed by atoms with E-state index in [1.54, 1.807) is 0 Å². The minimum absolute atomic E-state index is 0.439. The molecule has 1 N–H and O–H groups in total. The average molecular weight is 238 g/mol. The molecule has 1 aromatic carbocycles. The molecular formula is C17H18O. The van der Waals surface area contributed by atoms with Gasteiger partial charge in [-0.3, -0.25) is 0 Å². The summed E-state index contributed by atoms with van der Waals surface area (Å²) in [6.45, 7) is 2.13. The van der Waals surface area contributed by atoms with Crippen LogP contribution in [0.4, 0.5) is 0 Å². The Balaban J connectivity index is 1.54. The molecule has 1 aromatic rings. The van der Waals surface area contributed by atoms with Crippen LogP contribution in [0.5, 0.6) is 0 Å². The molecule has 0 heterocycles. The van der Waals surface area contributed by atoms with E-state index in [2.05, 4.69) is 31.2 Å². The van der Waals surface area contributed by atoms with Gasteiger partial charge in [-0.2, -0.15) is 0 Å². The summed E-state index contributed by atoms with van der Waals surface area (Å²) in [6, 6.07) is 8.72. The number of hydrogen-bond acceptors (Lipinski definition) is 1. The molecule has 0 saturated heterocycles. The van der Waals surface area contributed by atoms with Gasteiger partial charge in [-0.15, -0.1) is 0 Å². The molecule has 9 atom stereocenters. The molecule has 1 nitrogen and oxygen atoms in total. The zero-order valence-electron chi connectivity index (χ0n) is 10.6. The maximum atomic E-state index is 11.4. The summed E-state index contributed by atoms with van der Waals surface area (Å²) in [5, 5.41) is 11.4. The number of benzene rings is 1. The minimum atomic E-state index is -0.439. The average Bonchev–Trinajstić information content (AvgIpc) is 2.86. The third kappa shape index (κ3) is 0.602. The van der Waals surface area contributed by atoms with Crippen molar-refractivity contribution in [3.05, 3.63) is 35.4 Å². The van der Waals surface area contributed by atoms with Crippen molar-refractivity contribution >= 4 is 0 Å². The lowest BCUT2D eigenvalue weighted by molar-refractivity contribution is -0.127. The molecule has 6 saturated carbocycles. The summed E-state index contributed by atoms with van der Waals surface area (Å²) in [7, 11) is 0. The van der Waals surface area contributed by atoms with Crippen LogP contribution in [0.1, 0.15) is 17.5 Å². The van der Waals surface area contributed by atoms with Crippen LogP contribution >= 0.6 is 0 Å². The van der Waals surface area contributed by atoms with Crippen molar-refractivity contribution < 1.29 is 5.11 Å². The summed E-state index contributed by atoms with van der Waals surface area (Å²) >= 11 is 0. The topological polar surface area (TPSA) is 20.2 Å². The lowest BCUT2D eigenvalue weighted by Crippen LogP contribution is -2.56. The van der Waals surface area contributed by atoms with Crippen LogP contribution in [-0.2, 0) is 5.60 Å². The minimum Gasteiger partial charge on any atom is -0.385 e. The van der Waals surface area contributed by atoms with Crippen LogP contribution in [-0.4, -0.2) is 5.11 Å². The smallest absolute Gasteiger partial charge is 0.0963 e. The maximum Gasteiger partial charge on any atom is 0.0963 e. The van der Waals surface area contributed by atoms with Crippen LogP contribution < -0.4 is 0 Å². The van der Waals surface area contributed by atoms with Crippen molar-refractivity contribution in [2.24, 2.45) is 47.3 Å². The highest BCUT2D eigenvalue weighted by Gasteiger charge is 2.90. The van der Waals surface area contributed by atoms with Gasteiger partial charge in [-0.1, -0.05) is 29.8 Å². The monoisotopic (exact) mass is 238 g/mol. The van der Waals surface area contributed by atoms with Gasteiger partial charge in [0.2, 0.25) is 0 Å². The van der Waals surface area contributed by atoms with Crippen molar-refractivity contribution in [1.82, 2.24) is 0 Å². The summed E-state index contributed by atoms with van der Waals surface area (Å²) in [6.07, 6.45) is 1.52. The first-order valence-corrected chi connectivity index (χ1v) is 7.52. The van der Waals surface area contributed by atoms with E-state index in [9.17, 15) is 5.11 Å². The molecule has 6 fully saturated rings. The van der Waals surface area contributed by atoms with Gasteiger partial charge in [0.05, 0.1) is 5.60 Å². The predicted octanol–water partition coefficient (Wildman–Crippen LogP) is 2.57. The summed E-state index contributed by atoms with van der Waals surface area (Å²) in [5.41, 5.74) is 2.08. The van der Waals surface area contributed by atoms with Crippen molar-refractivity contribution in [3.8, 4) is 0 Å². The van der Waals surface area contributed by atoms with E-state index >= 15 is 0 Å². The van der Waals surface area contributed by atoms with Crippen molar-refractivity contribution in [2.45, 2.75) is 18.9 Å². The lowest BCUT2D eigenvalue weighted by atomic mass is 9.45. The van der Waals surface area contributed by atoms with Gasteiger partial charge in [0.25, 0.3) is 0 Å². The Kier molecular flexibility index (Phi) is 1.17. The predicted molar refractivity (Wildman–Crippen MR) is 67.6 cm³/mol. The van der Waals surface area contributed by atoms with Crippen LogP contribution in [0.2, 0.25) is 0 Å². The third-order valence-electron chi connectivity index (χ3n) is 7.60. The summed E-state index contributed by atoms with van der Waals surface area (Å²) < 4.78 is 0. The Hall–Kier alpha value is -0.820. The van der Waals surface area contributed by atoms with Gasteiger partial charge < -0.3 is 5.11 Å². The molecule has 5 unspecified atom stereocenters. The van der Waals surface area contributed by atoms with E-state index in [-0.39, 0.29) is 0 Å². The highest BCUT2D eigenvalue weighted by Crippen LogP contribution is 2.92. The van der Waals surface area contributed by atoms with Crippen LogP contribution in [0.15, 0.2) is 24.3 Å². The second-order valence-corrected chi connectivity index (χ2v) is 7.62. The van der Waals surface area contributed by atoms with Crippen molar-refractivity contribution in [1.29, 1.82) is 0 Å². The lowest BCUT2D eigenvalue weighted by Gasteiger charge is -2.58. The van der Waals surface area contributed by atoms with Gasteiger partial charge in [0.1, 0.15) is 0 Å². The molecule has 6 aliphatic rings. The van der Waals surface area contributed by atoms with Crippen LogP contribution in [0.3, 0.4) is 0 Å². The molecule has 92 valence electrons. The van der Waals surface area contributed by atoms with Gasteiger partial charge in [-0.05, 0) is 66.3 Å². The Labute approximate surface area is 107 Å². The Morgan fingerprint density at radius 2 is 1.44 bits per heavy atom. The molecule has 0 aromatic heterocycles. The first-order valence-electron chi connectivity index (χ1n) is 7.52. The van der Waals surface area contributed by atoms with Crippen LogP contribution in [0, 0.1) is 54.3 Å². The highest BCUT2D eigenvalue weighted by atomic mass is 16.3. The zero-order valence-corrected chi connectivity index (χ0v) is 10.6. The number of aliphatic hydroxyl groups is 1. The standard InChI is InChI=1S/C17H18O/c1-7-2-4-8(5-3-7)17(18)15-11-9-6-10-13(11)16(17)14(10)12(9)15/h2-5,9-16,18H,6H2,1H3/t9?,10?,11-,12-,13-,14+,15?,16?,17?/m1/s1. The molecule has 0 aliphatic heterocycles. The largest absolute Gasteiger partial charge is 0.385 e. The first kappa shape index (κ1) is 9.14. The molecular weight excluding hydrogens is 220 g/mol. The van der Waals surface area contributed by atoms with Gasteiger partial charge in [-0.25, -0.2) is 0 Å². The molecule has 1 heteroatoms. The Morgan fingerprint density at radius 1 is 0.944 bits per heavy atom. The number of hydrogen-bond donors (Lipinski definition) is 1. The number of rotatable bonds is 1. The third-order valence-corrected chi connectivity index (χ3v) is 7.60. The Bertz CT molecular complexity index is 528.